The highest BCUT2D eigenvalue weighted by Gasteiger charge is 2.16. The molecular weight excluding hydrogens is 389 g/mol. The van der Waals surface area contributed by atoms with Gasteiger partial charge in [-0.15, -0.1) is 0 Å². The van der Waals surface area contributed by atoms with Gasteiger partial charge in [-0.25, -0.2) is 9.37 Å². The lowest BCUT2D eigenvalue weighted by Crippen LogP contribution is -2.21. The van der Waals surface area contributed by atoms with Gasteiger partial charge in [0.1, 0.15) is 11.5 Å². The van der Waals surface area contributed by atoms with Crippen LogP contribution in [0.4, 0.5) is 4.39 Å². The molecule has 5 nitrogen and oxygen atoms in total. The second-order valence-corrected chi connectivity index (χ2v) is 8.87. The standard InChI is InChI=1S/C25H24FN5/c1-25(2,3)31-16-20(12-29-31)19-10-22-23(13-28-24(22)27-11-19)18-7-8-30(15-18)14-17-5-4-6-21(26)9-17/h4-13,15-16H,14H2,1-3H3,(H,27,28). The van der Waals surface area contributed by atoms with E-state index in [4.69, 9.17) is 0 Å². The SMILES string of the molecule is CC(C)(C)n1cc(-c2cnc3[nH]cc(-c4ccn(Cc5cccc(F)c5)c4)c3c2)cn1. The molecule has 0 unspecified atom stereocenters. The second kappa shape index (κ2) is 7.23. The van der Waals surface area contributed by atoms with Gasteiger partial charge in [0, 0.05) is 65.2 Å². The third kappa shape index (κ3) is 3.77. The lowest BCUT2D eigenvalue weighted by molar-refractivity contribution is 0.355. The quantitative estimate of drug-likeness (QED) is 0.403. The van der Waals surface area contributed by atoms with E-state index in [1.165, 1.54) is 6.07 Å². The molecule has 4 heterocycles. The van der Waals surface area contributed by atoms with Crippen LogP contribution in [0.5, 0.6) is 0 Å². The zero-order valence-corrected chi connectivity index (χ0v) is 17.8. The van der Waals surface area contributed by atoms with E-state index in [1.54, 1.807) is 12.1 Å². The molecule has 6 heteroatoms. The second-order valence-electron chi connectivity index (χ2n) is 8.87. The van der Waals surface area contributed by atoms with E-state index in [2.05, 4.69) is 64.9 Å². The third-order valence-electron chi connectivity index (χ3n) is 5.45. The average Bonchev–Trinajstić information content (AvgIpc) is 3.46. The summed E-state index contributed by atoms with van der Waals surface area (Å²) in [6.45, 7) is 7.01. The van der Waals surface area contributed by atoms with Gasteiger partial charge in [0.15, 0.2) is 0 Å². The Balaban J connectivity index is 1.48. The van der Waals surface area contributed by atoms with Gasteiger partial charge >= 0.3 is 0 Å². The minimum Gasteiger partial charge on any atom is -0.349 e. The van der Waals surface area contributed by atoms with E-state index in [1.807, 2.05) is 35.5 Å². The number of fused-ring (bicyclic) bond motifs is 1. The Labute approximate surface area is 180 Å². The van der Waals surface area contributed by atoms with Gasteiger partial charge in [0.25, 0.3) is 0 Å². The van der Waals surface area contributed by atoms with Crippen LogP contribution in [-0.4, -0.2) is 24.3 Å². The highest BCUT2D eigenvalue weighted by Crippen LogP contribution is 2.31. The molecule has 5 rings (SSSR count). The zero-order valence-electron chi connectivity index (χ0n) is 17.8. The first-order chi connectivity index (χ1) is 14.9. The van der Waals surface area contributed by atoms with Crippen molar-refractivity contribution in [2.45, 2.75) is 32.9 Å². The Hall–Kier alpha value is -3.67. The number of H-pyrrole nitrogens is 1. The fourth-order valence-corrected chi connectivity index (χ4v) is 3.78. The maximum Gasteiger partial charge on any atom is 0.137 e. The Morgan fingerprint density at radius 1 is 1.00 bits per heavy atom. The van der Waals surface area contributed by atoms with Crippen LogP contribution in [0.1, 0.15) is 26.3 Å². The molecule has 0 aliphatic heterocycles. The van der Waals surface area contributed by atoms with E-state index >= 15 is 0 Å². The van der Waals surface area contributed by atoms with Crippen molar-refractivity contribution in [3.05, 3.63) is 85.0 Å². The zero-order chi connectivity index (χ0) is 21.6. The average molecular weight is 414 g/mol. The molecule has 5 aromatic rings. The normalized spacial score (nSPS) is 12.0. The molecule has 0 radical (unpaired) electrons. The van der Waals surface area contributed by atoms with Gasteiger partial charge in [-0.1, -0.05) is 12.1 Å². The van der Waals surface area contributed by atoms with Crippen molar-refractivity contribution in [2.75, 3.05) is 0 Å². The number of aromatic nitrogens is 5. The highest BCUT2D eigenvalue weighted by molar-refractivity contribution is 5.95. The van der Waals surface area contributed by atoms with Crippen LogP contribution < -0.4 is 0 Å². The maximum absolute atomic E-state index is 13.5. The summed E-state index contributed by atoms with van der Waals surface area (Å²) in [5.41, 5.74) is 5.96. The molecular formula is C25H24FN5. The molecule has 0 saturated carbocycles. The van der Waals surface area contributed by atoms with E-state index in [9.17, 15) is 4.39 Å². The number of benzene rings is 1. The third-order valence-corrected chi connectivity index (χ3v) is 5.45. The number of nitrogens with one attached hydrogen (secondary N) is 1. The summed E-state index contributed by atoms with van der Waals surface area (Å²) in [5, 5.41) is 5.57. The van der Waals surface area contributed by atoms with Crippen molar-refractivity contribution >= 4 is 11.0 Å². The van der Waals surface area contributed by atoms with Crippen molar-refractivity contribution in [1.29, 1.82) is 0 Å². The number of pyridine rings is 1. The van der Waals surface area contributed by atoms with Crippen LogP contribution in [0.2, 0.25) is 0 Å². The van der Waals surface area contributed by atoms with E-state index < -0.39 is 0 Å². The Bertz CT molecular complexity index is 1370. The van der Waals surface area contributed by atoms with E-state index in [-0.39, 0.29) is 11.4 Å². The molecule has 0 aliphatic rings. The van der Waals surface area contributed by atoms with Crippen molar-refractivity contribution in [3.63, 3.8) is 0 Å². The number of rotatable bonds is 4. The van der Waals surface area contributed by atoms with Gasteiger partial charge < -0.3 is 9.55 Å². The summed E-state index contributed by atoms with van der Waals surface area (Å²) in [6, 6.07) is 10.9. The van der Waals surface area contributed by atoms with Crippen molar-refractivity contribution in [2.24, 2.45) is 0 Å². The molecule has 1 N–H and O–H groups in total. The van der Waals surface area contributed by atoms with Crippen molar-refractivity contribution in [3.8, 4) is 22.3 Å². The van der Waals surface area contributed by atoms with E-state index in [0.29, 0.717) is 6.54 Å². The molecule has 0 aliphatic carbocycles. The first-order valence-electron chi connectivity index (χ1n) is 10.3. The molecule has 0 bridgehead atoms. The Kier molecular flexibility index (Phi) is 4.50. The van der Waals surface area contributed by atoms with Crippen molar-refractivity contribution in [1.82, 2.24) is 24.3 Å². The summed E-state index contributed by atoms with van der Waals surface area (Å²) < 4.78 is 17.5. The summed E-state index contributed by atoms with van der Waals surface area (Å²) in [6.07, 6.45) is 11.9. The van der Waals surface area contributed by atoms with Crippen LogP contribution >= 0.6 is 0 Å². The maximum atomic E-state index is 13.5. The monoisotopic (exact) mass is 413 g/mol. The van der Waals surface area contributed by atoms with Gasteiger partial charge in [0.05, 0.1) is 11.7 Å². The van der Waals surface area contributed by atoms with Crippen LogP contribution in [0, 0.1) is 5.82 Å². The van der Waals surface area contributed by atoms with Gasteiger partial charge in [-0.3, -0.25) is 4.68 Å². The molecule has 0 amide bonds. The highest BCUT2D eigenvalue weighted by atomic mass is 19.1. The number of aromatic amines is 1. The van der Waals surface area contributed by atoms with Gasteiger partial charge in [-0.2, -0.15) is 5.10 Å². The number of nitrogens with zero attached hydrogens (tertiary/aromatic N) is 4. The fraction of sp³-hybridized carbons (Fsp3) is 0.200. The molecule has 1 aromatic carbocycles. The lowest BCUT2D eigenvalue weighted by atomic mass is 10.1. The van der Waals surface area contributed by atoms with Gasteiger partial charge in [-0.05, 0) is 50.6 Å². The van der Waals surface area contributed by atoms with Crippen molar-refractivity contribution < 1.29 is 4.39 Å². The molecule has 0 atom stereocenters. The molecule has 4 aromatic heterocycles. The first kappa shape index (κ1) is 19.3. The van der Waals surface area contributed by atoms with Crippen LogP contribution in [0.25, 0.3) is 33.3 Å². The topological polar surface area (TPSA) is 51.4 Å². The molecule has 31 heavy (non-hydrogen) atoms. The number of hydrogen-bond donors (Lipinski definition) is 1. The number of hydrogen-bond acceptors (Lipinski definition) is 2. The molecule has 156 valence electrons. The smallest absolute Gasteiger partial charge is 0.137 e. The summed E-state index contributed by atoms with van der Waals surface area (Å²) in [7, 11) is 0. The summed E-state index contributed by atoms with van der Waals surface area (Å²) in [4.78, 5) is 7.89. The molecule has 0 spiro atoms. The van der Waals surface area contributed by atoms with Crippen LogP contribution in [0.15, 0.2) is 73.6 Å². The van der Waals surface area contributed by atoms with Crippen LogP contribution in [0.3, 0.4) is 0 Å². The predicted molar refractivity (Wildman–Crippen MR) is 121 cm³/mol. The Morgan fingerprint density at radius 2 is 1.87 bits per heavy atom. The largest absolute Gasteiger partial charge is 0.349 e. The van der Waals surface area contributed by atoms with Gasteiger partial charge in [0.2, 0.25) is 0 Å². The first-order valence-corrected chi connectivity index (χ1v) is 10.3. The Morgan fingerprint density at radius 3 is 2.65 bits per heavy atom. The summed E-state index contributed by atoms with van der Waals surface area (Å²) >= 11 is 0. The summed E-state index contributed by atoms with van der Waals surface area (Å²) in [5.74, 6) is -0.213. The minimum absolute atomic E-state index is 0.0698. The van der Waals surface area contributed by atoms with Crippen LogP contribution in [-0.2, 0) is 12.1 Å². The molecule has 0 saturated heterocycles. The number of halogens is 1. The van der Waals surface area contributed by atoms with E-state index in [0.717, 1.165) is 38.9 Å². The lowest BCUT2D eigenvalue weighted by Gasteiger charge is -2.18. The fourth-order valence-electron chi connectivity index (χ4n) is 3.78. The molecule has 0 fully saturated rings. The minimum atomic E-state index is -0.213. The predicted octanol–water partition coefficient (Wildman–Crippen LogP) is 5.84.